The number of likely N-dealkylation sites (tertiary alicyclic amines) is 2. The summed E-state index contributed by atoms with van der Waals surface area (Å²) in [6.45, 7) is 3.65. The van der Waals surface area contributed by atoms with Gasteiger partial charge in [0.15, 0.2) is 0 Å². The van der Waals surface area contributed by atoms with Crippen LogP contribution in [0.4, 0.5) is 0 Å². The highest BCUT2D eigenvalue weighted by molar-refractivity contribution is 6.33. The van der Waals surface area contributed by atoms with Crippen molar-refractivity contribution in [2.24, 2.45) is 5.92 Å². The lowest BCUT2D eigenvalue weighted by Crippen LogP contribution is -2.41. The molecule has 4 rings (SSSR count). The van der Waals surface area contributed by atoms with Crippen molar-refractivity contribution >= 4 is 23.4 Å². The highest BCUT2D eigenvalue weighted by atomic mass is 35.5. The Morgan fingerprint density at radius 2 is 1.60 bits per heavy atom. The zero-order valence-corrected chi connectivity index (χ0v) is 17.8. The smallest absolute Gasteiger partial charge is 0.255 e. The topological polar surface area (TPSA) is 49.9 Å². The molecule has 2 fully saturated rings. The van der Waals surface area contributed by atoms with Crippen molar-refractivity contribution in [3.63, 3.8) is 0 Å². The molecule has 2 aliphatic rings. The van der Waals surface area contributed by atoms with Crippen LogP contribution in [-0.4, -0.2) is 54.4 Å². The quantitative estimate of drug-likeness (QED) is 0.706. The maximum Gasteiger partial charge on any atom is 0.255 e. The Morgan fingerprint density at radius 3 is 2.33 bits per heavy atom. The van der Waals surface area contributed by atoms with Crippen LogP contribution in [0.25, 0.3) is 0 Å². The molecule has 0 spiro atoms. The number of carbonyl (C=O) groups is 2. The van der Waals surface area contributed by atoms with Crippen LogP contribution in [0.5, 0.6) is 5.75 Å². The lowest BCUT2D eigenvalue weighted by molar-refractivity contribution is 0.0633. The third-order valence-corrected chi connectivity index (χ3v) is 6.22. The first-order valence-corrected chi connectivity index (χ1v) is 11.1. The standard InChI is InChI=1S/C24H27ClN2O3/c25-22-8-2-1-7-21(22)24(29)27-15-5-6-18(16-27)17-30-20-11-9-19(10-12-20)23(28)26-13-3-4-14-26/h1-2,7-12,18H,3-6,13-17H2. The highest BCUT2D eigenvalue weighted by Crippen LogP contribution is 2.23. The molecule has 30 heavy (non-hydrogen) atoms. The minimum absolute atomic E-state index is 0.0184. The van der Waals surface area contributed by atoms with E-state index in [2.05, 4.69) is 0 Å². The van der Waals surface area contributed by atoms with Crippen molar-refractivity contribution in [2.75, 3.05) is 32.8 Å². The Labute approximate surface area is 182 Å². The molecule has 0 aromatic heterocycles. The zero-order valence-electron chi connectivity index (χ0n) is 17.1. The number of hydrogen-bond acceptors (Lipinski definition) is 3. The lowest BCUT2D eigenvalue weighted by Gasteiger charge is -2.33. The molecule has 0 radical (unpaired) electrons. The second kappa shape index (κ2) is 9.52. The number of piperidine rings is 1. The van der Waals surface area contributed by atoms with E-state index in [1.165, 1.54) is 0 Å². The minimum Gasteiger partial charge on any atom is -0.493 e. The monoisotopic (exact) mass is 426 g/mol. The normalized spacial score (nSPS) is 19.0. The molecule has 2 amide bonds. The molecular formula is C24H27ClN2O3. The van der Waals surface area contributed by atoms with Crippen molar-refractivity contribution in [1.82, 2.24) is 9.80 Å². The van der Waals surface area contributed by atoms with Gasteiger partial charge in [-0.3, -0.25) is 9.59 Å². The van der Waals surface area contributed by atoms with Gasteiger partial charge in [0.1, 0.15) is 5.75 Å². The summed E-state index contributed by atoms with van der Waals surface area (Å²) in [4.78, 5) is 29.0. The Balaban J connectivity index is 1.31. The van der Waals surface area contributed by atoms with Crippen LogP contribution in [0.1, 0.15) is 46.4 Å². The maximum absolute atomic E-state index is 12.8. The van der Waals surface area contributed by atoms with E-state index in [-0.39, 0.29) is 17.7 Å². The van der Waals surface area contributed by atoms with Crippen LogP contribution in [0.15, 0.2) is 48.5 Å². The number of hydrogen-bond donors (Lipinski definition) is 0. The van der Waals surface area contributed by atoms with Crippen LogP contribution in [0.2, 0.25) is 5.02 Å². The van der Waals surface area contributed by atoms with E-state index in [0.29, 0.717) is 29.3 Å². The van der Waals surface area contributed by atoms with Crippen LogP contribution < -0.4 is 4.74 Å². The molecule has 0 saturated carbocycles. The summed E-state index contributed by atoms with van der Waals surface area (Å²) in [5, 5.41) is 0.490. The van der Waals surface area contributed by atoms with Crippen LogP contribution >= 0.6 is 11.6 Å². The number of rotatable bonds is 5. The van der Waals surface area contributed by atoms with Gasteiger partial charge in [-0.25, -0.2) is 0 Å². The predicted octanol–water partition coefficient (Wildman–Crippen LogP) is 4.51. The van der Waals surface area contributed by atoms with E-state index in [1.54, 1.807) is 12.1 Å². The van der Waals surface area contributed by atoms with Gasteiger partial charge in [0.2, 0.25) is 0 Å². The van der Waals surface area contributed by atoms with E-state index in [0.717, 1.165) is 51.1 Å². The molecule has 6 heteroatoms. The Hall–Kier alpha value is -2.53. The molecule has 2 saturated heterocycles. The fourth-order valence-electron chi connectivity index (χ4n) is 4.20. The first-order chi connectivity index (χ1) is 14.6. The van der Waals surface area contributed by atoms with Gasteiger partial charge in [-0.2, -0.15) is 0 Å². The van der Waals surface area contributed by atoms with Crippen LogP contribution in [0, 0.1) is 5.92 Å². The largest absolute Gasteiger partial charge is 0.493 e. The third kappa shape index (κ3) is 4.78. The second-order valence-corrected chi connectivity index (χ2v) is 8.48. The summed E-state index contributed by atoms with van der Waals surface area (Å²) in [6.07, 6.45) is 4.15. The molecule has 158 valence electrons. The van der Waals surface area contributed by atoms with Crippen molar-refractivity contribution < 1.29 is 14.3 Å². The number of halogens is 1. The van der Waals surface area contributed by atoms with Gasteiger partial charge in [-0.1, -0.05) is 23.7 Å². The highest BCUT2D eigenvalue weighted by Gasteiger charge is 2.26. The summed E-state index contributed by atoms with van der Waals surface area (Å²) in [5.41, 5.74) is 1.26. The van der Waals surface area contributed by atoms with Gasteiger partial charge in [0.25, 0.3) is 11.8 Å². The number of benzene rings is 2. The van der Waals surface area contributed by atoms with Crippen LogP contribution in [0.3, 0.4) is 0 Å². The van der Waals surface area contributed by atoms with E-state index >= 15 is 0 Å². The Bertz CT molecular complexity index is 894. The lowest BCUT2D eigenvalue weighted by atomic mass is 9.98. The predicted molar refractivity (Wildman–Crippen MR) is 117 cm³/mol. The molecule has 2 aromatic rings. The summed E-state index contributed by atoms with van der Waals surface area (Å²) < 4.78 is 5.97. The van der Waals surface area contributed by atoms with Crippen molar-refractivity contribution in [2.45, 2.75) is 25.7 Å². The molecule has 1 atom stereocenters. The fourth-order valence-corrected chi connectivity index (χ4v) is 4.42. The molecule has 0 N–H and O–H groups in total. The van der Waals surface area contributed by atoms with Gasteiger partial charge >= 0.3 is 0 Å². The molecule has 2 heterocycles. The van der Waals surface area contributed by atoms with Crippen molar-refractivity contribution in [3.05, 3.63) is 64.7 Å². The van der Waals surface area contributed by atoms with Gasteiger partial charge in [0.05, 0.1) is 17.2 Å². The van der Waals surface area contributed by atoms with E-state index in [1.807, 2.05) is 46.2 Å². The number of amides is 2. The molecular weight excluding hydrogens is 400 g/mol. The molecule has 0 aliphatic carbocycles. The van der Waals surface area contributed by atoms with E-state index in [4.69, 9.17) is 16.3 Å². The molecule has 1 unspecified atom stereocenters. The summed E-state index contributed by atoms with van der Waals surface area (Å²) in [7, 11) is 0. The summed E-state index contributed by atoms with van der Waals surface area (Å²) >= 11 is 6.19. The summed E-state index contributed by atoms with van der Waals surface area (Å²) in [5.74, 6) is 1.11. The minimum atomic E-state index is -0.0184. The molecule has 2 aliphatic heterocycles. The maximum atomic E-state index is 12.8. The van der Waals surface area contributed by atoms with Gasteiger partial charge in [-0.15, -0.1) is 0 Å². The third-order valence-electron chi connectivity index (χ3n) is 5.89. The molecule has 0 bridgehead atoms. The summed E-state index contributed by atoms with van der Waals surface area (Å²) in [6, 6.07) is 14.6. The zero-order chi connectivity index (χ0) is 20.9. The van der Waals surface area contributed by atoms with E-state index in [9.17, 15) is 9.59 Å². The Morgan fingerprint density at radius 1 is 0.900 bits per heavy atom. The molecule has 5 nitrogen and oxygen atoms in total. The van der Waals surface area contributed by atoms with Crippen molar-refractivity contribution in [3.8, 4) is 5.75 Å². The van der Waals surface area contributed by atoms with Crippen molar-refractivity contribution in [1.29, 1.82) is 0 Å². The van der Waals surface area contributed by atoms with Gasteiger partial charge in [-0.05, 0) is 62.1 Å². The number of nitrogens with zero attached hydrogens (tertiary/aromatic N) is 2. The van der Waals surface area contributed by atoms with Gasteiger partial charge in [0, 0.05) is 37.7 Å². The van der Waals surface area contributed by atoms with Crippen LogP contribution in [-0.2, 0) is 0 Å². The Kier molecular flexibility index (Phi) is 6.58. The van der Waals surface area contributed by atoms with E-state index < -0.39 is 0 Å². The average Bonchev–Trinajstić information content (AvgIpc) is 3.33. The second-order valence-electron chi connectivity index (χ2n) is 8.07. The SMILES string of the molecule is O=C(c1ccc(OCC2CCCN(C(=O)c3ccccc3Cl)C2)cc1)N1CCCC1. The first kappa shape index (κ1) is 20.7. The van der Waals surface area contributed by atoms with Gasteiger partial charge < -0.3 is 14.5 Å². The number of carbonyl (C=O) groups excluding carboxylic acids is 2. The number of ether oxygens (including phenoxy) is 1. The average molecular weight is 427 g/mol. The fraction of sp³-hybridized carbons (Fsp3) is 0.417. The first-order valence-electron chi connectivity index (χ1n) is 10.7. The molecule has 2 aromatic carbocycles.